The van der Waals surface area contributed by atoms with Crippen molar-refractivity contribution in [2.75, 3.05) is 31.2 Å². The van der Waals surface area contributed by atoms with Gasteiger partial charge < -0.3 is 14.7 Å². The summed E-state index contributed by atoms with van der Waals surface area (Å²) in [5.74, 6) is 0.386. The molecule has 0 aliphatic carbocycles. The summed E-state index contributed by atoms with van der Waals surface area (Å²) in [6.07, 6.45) is 0. The van der Waals surface area contributed by atoms with Crippen molar-refractivity contribution in [1.82, 2.24) is 0 Å². The molecule has 15 heavy (non-hydrogen) atoms. The fourth-order valence-corrected chi connectivity index (χ4v) is 1.83. The van der Waals surface area contributed by atoms with E-state index in [4.69, 9.17) is 4.74 Å². The SMILES string of the molecule is Cc1cc(N2CCOCC2)cc(O)c1C. The average molecular weight is 207 g/mol. The van der Waals surface area contributed by atoms with E-state index in [2.05, 4.69) is 11.0 Å². The normalized spacial score (nSPS) is 16.8. The third-order valence-electron chi connectivity index (χ3n) is 3.00. The van der Waals surface area contributed by atoms with Crippen LogP contribution >= 0.6 is 0 Å². The van der Waals surface area contributed by atoms with Crippen LogP contribution in [0, 0.1) is 13.8 Å². The van der Waals surface area contributed by atoms with E-state index in [-0.39, 0.29) is 0 Å². The molecular formula is C12H17NO2. The van der Waals surface area contributed by atoms with Gasteiger partial charge in [-0.25, -0.2) is 0 Å². The predicted octanol–water partition coefficient (Wildman–Crippen LogP) is 1.85. The second-order valence-electron chi connectivity index (χ2n) is 4.01. The summed E-state index contributed by atoms with van der Waals surface area (Å²) in [6.45, 7) is 7.32. The Morgan fingerprint density at radius 3 is 2.47 bits per heavy atom. The van der Waals surface area contributed by atoms with Gasteiger partial charge in [-0.05, 0) is 31.0 Å². The molecule has 1 aromatic carbocycles. The highest BCUT2D eigenvalue weighted by Gasteiger charge is 2.13. The summed E-state index contributed by atoms with van der Waals surface area (Å²) < 4.78 is 5.30. The number of aromatic hydroxyl groups is 1. The fraction of sp³-hybridized carbons (Fsp3) is 0.500. The maximum Gasteiger partial charge on any atom is 0.120 e. The van der Waals surface area contributed by atoms with Gasteiger partial charge in [0.05, 0.1) is 13.2 Å². The molecule has 1 aliphatic heterocycles. The van der Waals surface area contributed by atoms with Crippen molar-refractivity contribution in [2.24, 2.45) is 0 Å². The van der Waals surface area contributed by atoms with Crippen LogP contribution in [0.1, 0.15) is 11.1 Å². The minimum Gasteiger partial charge on any atom is -0.508 e. The van der Waals surface area contributed by atoms with Crippen LogP contribution in [-0.4, -0.2) is 31.4 Å². The van der Waals surface area contributed by atoms with Gasteiger partial charge in [0.25, 0.3) is 0 Å². The fourth-order valence-electron chi connectivity index (χ4n) is 1.83. The van der Waals surface area contributed by atoms with Gasteiger partial charge in [-0.2, -0.15) is 0 Å². The van der Waals surface area contributed by atoms with E-state index in [9.17, 15) is 5.11 Å². The lowest BCUT2D eigenvalue weighted by Gasteiger charge is -2.29. The Labute approximate surface area is 90.3 Å². The van der Waals surface area contributed by atoms with Crippen molar-refractivity contribution in [1.29, 1.82) is 0 Å². The number of aryl methyl sites for hydroxylation is 1. The maximum absolute atomic E-state index is 9.75. The van der Waals surface area contributed by atoms with Crippen LogP contribution in [0.3, 0.4) is 0 Å². The first-order valence-electron chi connectivity index (χ1n) is 5.31. The zero-order chi connectivity index (χ0) is 10.8. The quantitative estimate of drug-likeness (QED) is 0.762. The molecule has 0 atom stereocenters. The van der Waals surface area contributed by atoms with Crippen molar-refractivity contribution < 1.29 is 9.84 Å². The van der Waals surface area contributed by atoms with Crippen molar-refractivity contribution in [3.63, 3.8) is 0 Å². The number of benzene rings is 1. The minimum absolute atomic E-state index is 0.386. The molecule has 0 bridgehead atoms. The number of anilines is 1. The van der Waals surface area contributed by atoms with Gasteiger partial charge in [0.1, 0.15) is 5.75 Å². The molecule has 0 spiro atoms. The van der Waals surface area contributed by atoms with E-state index in [0.717, 1.165) is 43.1 Å². The Morgan fingerprint density at radius 2 is 1.87 bits per heavy atom. The zero-order valence-electron chi connectivity index (χ0n) is 9.29. The minimum atomic E-state index is 0.386. The predicted molar refractivity (Wildman–Crippen MR) is 60.6 cm³/mol. The van der Waals surface area contributed by atoms with E-state index >= 15 is 0 Å². The standard InChI is InChI=1S/C12H17NO2/c1-9-7-11(8-12(14)10(9)2)13-3-5-15-6-4-13/h7-8,14H,3-6H2,1-2H3. The van der Waals surface area contributed by atoms with Crippen LogP contribution in [0.15, 0.2) is 12.1 Å². The van der Waals surface area contributed by atoms with Crippen LogP contribution in [-0.2, 0) is 4.74 Å². The monoisotopic (exact) mass is 207 g/mol. The average Bonchev–Trinajstić information content (AvgIpc) is 2.26. The topological polar surface area (TPSA) is 32.7 Å². The van der Waals surface area contributed by atoms with Crippen molar-refractivity contribution in [3.05, 3.63) is 23.3 Å². The molecule has 3 heteroatoms. The Hall–Kier alpha value is -1.22. The van der Waals surface area contributed by atoms with Gasteiger partial charge in [0, 0.05) is 24.8 Å². The smallest absolute Gasteiger partial charge is 0.120 e. The number of morpholine rings is 1. The third kappa shape index (κ3) is 2.07. The molecular weight excluding hydrogens is 190 g/mol. The molecule has 82 valence electrons. The van der Waals surface area contributed by atoms with Crippen LogP contribution < -0.4 is 4.90 Å². The maximum atomic E-state index is 9.75. The van der Waals surface area contributed by atoms with Crippen molar-refractivity contribution in [3.8, 4) is 5.75 Å². The number of phenols is 1. The Morgan fingerprint density at radius 1 is 1.20 bits per heavy atom. The third-order valence-corrected chi connectivity index (χ3v) is 3.00. The van der Waals surface area contributed by atoms with Crippen molar-refractivity contribution >= 4 is 5.69 Å². The number of hydrogen-bond donors (Lipinski definition) is 1. The first-order chi connectivity index (χ1) is 7.18. The van der Waals surface area contributed by atoms with E-state index < -0.39 is 0 Å². The largest absolute Gasteiger partial charge is 0.508 e. The highest BCUT2D eigenvalue weighted by molar-refractivity contribution is 5.56. The molecule has 1 aromatic rings. The van der Waals surface area contributed by atoms with Gasteiger partial charge in [-0.15, -0.1) is 0 Å². The number of phenolic OH excluding ortho intramolecular Hbond substituents is 1. The first-order valence-corrected chi connectivity index (χ1v) is 5.31. The van der Waals surface area contributed by atoms with Crippen LogP contribution in [0.5, 0.6) is 5.75 Å². The molecule has 1 N–H and O–H groups in total. The highest BCUT2D eigenvalue weighted by Crippen LogP contribution is 2.27. The molecule has 0 radical (unpaired) electrons. The van der Waals surface area contributed by atoms with Crippen LogP contribution in [0.4, 0.5) is 5.69 Å². The summed E-state index contributed by atoms with van der Waals surface area (Å²) >= 11 is 0. The molecule has 0 unspecified atom stereocenters. The van der Waals surface area contributed by atoms with Gasteiger partial charge in [-0.1, -0.05) is 0 Å². The first kappa shape index (κ1) is 10.3. The number of rotatable bonds is 1. The van der Waals surface area contributed by atoms with Gasteiger partial charge in [-0.3, -0.25) is 0 Å². The number of ether oxygens (including phenoxy) is 1. The van der Waals surface area contributed by atoms with E-state index in [1.165, 1.54) is 0 Å². The van der Waals surface area contributed by atoms with E-state index in [1.54, 1.807) is 0 Å². The summed E-state index contributed by atoms with van der Waals surface area (Å²) in [5, 5.41) is 9.75. The lowest BCUT2D eigenvalue weighted by atomic mass is 10.1. The van der Waals surface area contributed by atoms with Crippen LogP contribution in [0.25, 0.3) is 0 Å². The summed E-state index contributed by atoms with van der Waals surface area (Å²) in [4.78, 5) is 2.25. The Bertz CT molecular complexity index is 334. The Balaban J connectivity index is 2.27. The lowest BCUT2D eigenvalue weighted by Crippen LogP contribution is -2.36. The lowest BCUT2D eigenvalue weighted by molar-refractivity contribution is 0.122. The second-order valence-corrected chi connectivity index (χ2v) is 4.01. The van der Waals surface area contributed by atoms with Crippen molar-refractivity contribution in [2.45, 2.75) is 13.8 Å². The van der Waals surface area contributed by atoms with E-state index in [1.807, 2.05) is 19.9 Å². The molecule has 3 nitrogen and oxygen atoms in total. The molecule has 1 fully saturated rings. The molecule has 0 amide bonds. The molecule has 0 aromatic heterocycles. The van der Waals surface area contributed by atoms with E-state index in [0.29, 0.717) is 5.75 Å². The Kier molecular flexibility index (Phi) is 2.82. The molecule has 1 heterocycles. The van der Waals surface area contributed by atoms with Gasteiger partial charge >= 0.3 is 0 Å². The molecule has 0 saturated carbocycles. The van der Waals surface area contributed by atoms with Gasteiger partial charge in [0.15, 0.2) is 0 Å². The summed E-state index contributed by atoms with van der Waals surface area (Å²) in [7, 11) is 0. The molecule has 1 saturated heterocycles. The summed E-state index contributed by atoms with van der Waals surface area (Å²) in [6, 6.07) is 3.97. The molecule has 1 aliphatic rings. The molecule has 2 rings (SSSR count). The van der Waals surface area contributed by atoms with Gasteiger partial charge in [0.2, 0.25) is 0 Å². The summed E-state index contributed by atoms with van der Waals surface area (Å²) in [5.41, 5.74) is 3.20. The van der Waals surface area contributed by atoms with Crippen LogP contribution in [0.2, 0.25) is 0 Å². The second kappa shape index (κ2) is 4.11. The number of nitrogens with zero attached hydrogens (tertiary/aromatic N) is 1. The highest BCUT2D eigenvalue weighted by atomic mass is 16.5. The zero-order valence-corrected chi connectivity index (χ0v) is 9.29. The number of hydrogen-bond acceptors (Lipinski definition) is 3.